The van der Waals surface area contributed by atoms with Crippen molar-refractivity contribution in [2.45, 2.75) is 29.9 Å². The van der Waals surface area contributed by atoms with E-state index in [2.05, 4.69) is 44.2 Å². The molecule has 2 aromatic rings. The Morgan fingerprint density at radius 2 is 2.24 bits per heavy atom. The fourth-order valence-corrected chi connectivity index (χ4v) is 3.26. The zero-order valence-corrected chi connectivity index (χ0v) is 14.1. The van der Waals surface area contributed by atoms with E-state index < -0.39 is 0 Å². The van der Waals surface area contributed by atoms with Crippen LogP contribution in [0.3, 0.4) is 0 Å². The number of aromatic nitrogens is 2. The largest absolute Gasteiger partial charge is 0.383 e. The highest BCUT2D eigenvalue weighted by atomic mass is 79.9. The molecular formula is C14H17BrN4OS. The second kappa shape index (κ2) is 7.63. The Morgan fingerprint density at radius 3 is 2.90 bits per heavy atom. The molecule has 0 spiro atoms. The number of halogens is 1. The molecule has 0 radical (unpaired) electrons. The highest BCUT2D eigenvalue weighted by Gasteiger charge is 2.05. The lowest BCUT2D eigenvalue weighted by Gasteiger charge is -2.08. The summed E-state index contributed by atoms with van der Waals surface area (Å²) in [5.41, 5.74) is 6.52. The van der Waals surface area contributed by atoms with Gasteiger partial charge in [-0.05, 0) is 30.7 Å². The molecule has 1 aromatic carbocycles. The summed E-state index contributed by atoms with van der Waals surface area (Å²) in [5, 5.41) is 3.85. The van der Waals surface area contributed by atoms with Crippen LogP contribution in [0, 0.1) is 0 Å². The number of anilines is 1. The van der Waals surface area contributed by atoms with Crippen LogP contribution in [0.5, 0.6) is 0 Å². The Kier molecular flexibility index (Phi) is 5.84. The van der Waals surface area contributed by atoms with Crippen molar-refractivity contribution in [1.82, 2.24) is 15.3 Å². The highest BCUT2D eigenvalue weighted by Crippen LogP contribution is 2.28. The topological polar surface area (TPSA) is 83.8 Å². The van der Waals surface area contributed by atoms with Crippen LogP contribution in [0.25, 0.3) is 0 Å². The van der Waals surface area contributed by atoms with Gasteiger partial charge in [0.15, 0.2) is 5.16 Å². The summed E-state index contributed by atoms with van der Waals surface area (Å²) in [5.74, 6) is 0.223. The average Bonchev–Trinajstić information content (AvgIpc) is 2.40. The van der Waals surface area contributed by atoms with Gasteiger partial charge in [-0.25, -0.2) is 4.98 Å². The Hall–Kier alpha value is -1.31. The molecule has 1 aromatic heterocycles. The van der Waals surface area contributed by atoms with Crippen molar-refractivity contribution in [3.63, 3.8) is 0 Å². The maximum atomic E-state index is 11.4. The standard InChI is InChI=1S/C14H17BrN4OS/c1-2-5-17-8-9-3-4-10(6-11(9)15)21-14-18-12(16)7-13(20)19-14/h3-4,6-7,17H,2,5,8H2,1H3,(H3,16,18,19,20). The van der Waals surface area contributed by atoms with Gasteiger partial charge in [-0.2, -0.15) is 0 Å². The first-order chi connectivity index (χ1) is 10.1. The van der Waals surface area contributed by atoms with Gasteiger partial charge in [0.2, 0.25) is 0 Å². The molecule has 0 atom stereocenters. The van der Waals surface area contributed by atoms with Crippen LogP contribution < -0.4 is 16.6 Å². The molecule has 0 saturated heterocycles. The minimum Gasteiger partial charge on any atom is -0.383 e. The van der Waals surface area contributed by atoms with Gasteiger partial charge in [0, 0.05) is 22.0 Å². The lowest BCUT2D eigenvalue weighted by Crippen LogP contribution is -2.14. The monoisotopic (exact) mass is 368 g/mol. The van der Waals surface area contributed by atoms with E-state index in [0.29, 0.717) is 5.16 Å². The van der Waals surface area contributed by atoms with E-state index in [0.717, 1.165) is 28.9 Å². The summed E-state index contributed by atoms with van der Waals surface area (Å²) in [6.45, 7) is 3.96. The van der Waals surface area contributed by atoms with E-state index in [-0.39, 0.29) is 11.4 Å². The van der Waals surface area contributed by atoms with Crippen LogP contribution in [0.1, 0.15) is 18.9 Å². The first-order valence-electron chi connectivity index (χ1n) is 6.62. The summed E-state index contributed by atoms with van der Waals surface area (Å²) in [7, 11) is 0. The Bertz CT molecular complexity index is 674. The molecule has 0 aliphatic rings. The van der Waals surface area contributed by atoms with Crippen molar-refractivity contribution in [1.29, 1.82) is 0 Å². The predicted octanol–water partition coefficient (Wildman–Crippen LogP) is 2.77. The minimum absolute atomic E-state index is 0.223. The zero-order chi connectivity index (χ0) is 15.2. The van der Waals surface area contributed by atoms with E-state index in [1.54, 1.807) is 0 Å². The molecule has 0 unspecified atom stereocenters. The molecule has 5 nitrogen and oxygen atoms in total. The van der Waals surface area contributed by atoms with E-state index in [1.165, 1.54) is 23.4 Å². The minimum atomic E-state index is -0.246. The summed E-state index contributed by atoms with van der Waals surface area (Å²) >= 11 is 4.94. The van der Waals surface area contributed by atoms with Crippen LogP contribution in [0.4, 0.5) is 5.82 Å². The molecule has 0 saturated carbocycles. The van der Waals surface area contributed by atoms with Crippen molar-refractivity contribution in [2.24, 2.45) is 0 Å². The lowest BCUT2D eigenvalue weighted by atomic mass is 10.2. The SMILES string of the molecule is CCCNCc1ccc(Sc2nc(N)cc(=O)[nH]2)cc1Br. The summed E-state index contributed by atoms with van der Waals surface area (Å²) in [4.78, 5) is 19.1. The van der Waals surface area contributed by atoms with Crippen molar-refractivity contribution in [2.75, 3.05) is 12.3 Å². The van der Waals surface area contributed by atoms with Gasteiger partial charge in [0.1, 0.15) is 5.82 Å². The van der Waals surface area contributed by atoms with Crippen molar-refractivity contribution in [3.05, 3.63) is 44.7 Å². The number of nitrogens with one attached hydrogen (secondary N) is 2. The molecular weight excluding hydrogens is 352 g/mol. The van der Waals surface area contributed by atoms with Crippen molar-refractivity contribution in [3.8, 4) is 0 Å². The van der Waals surface area contributed by atoms with Crippen LogP contribution in [-0.2, 0) is 6.54 Å². The predicted molar refractivity (Wildman–Crippen MR) is 89.5 cm³/mol. The first-order valence-corrected chi connectivity index (χ1v) is 8.23. The first kappa shape index (κ1) is 16.1. The number of hydrogen-bond acceptors (Lipinski definition) is 5. The molecule has 2 rings (SSSR count). The van der Waals surface area contributed by atoms with Gasteiger partial charge in [-0.1, -0.05) is 40.7 Å². The zero-order valence-electron chi connectivity index (χ0n) is 11.6. The maximum absolute atomic E-state index is 11.4. The van der Waals surface area contributed by atoms with E-state index >= 15 is 0 Å². The van der Waals surface area contributed by atoms with Gasteiger partial charge in [0.05, 0.1) is 0 Å². The Morgan fingerprint density at radius 1 is 1.43 bits per heavy atom. The van der Waals surface area contributed by atoms with Gasteiger partial charge >= 0.3 is 0 Å². The number of H-pyrrole nitrogens is 1. The number of nitrogens with two attached hydrogens (primary N) is 1. The summed E-state index contributed by atoms with van der Waals surface area (Å²) < 4.78 is 1.03. The van der Waals surface area contributed by atoms with Crippen LogP contribution in [0.2, 0.25) is 0 Å². The van der Waals surface area contributed by atoms with Gasteiger partial charge in [-0.15, -0.1) is 0 Å². The molecule has 7 heteroatoms. The Labute approximate surface area is 135 Å². The molecule has 1 heterocycles. The third kappa shape index (κ3) is 4.87. The number of hydrogen-bond donors (Lipinski definition) is 3. The van der Waals surface area contributed by atoms with Crippen LogP contribution in [0.15, 0.2) is 43.6 Å². The Balaban J connectivity index is 2.10. The molecule has 4 N–H and O–H groups in total. The third-order valence-corrected chi connectivity index (χ3v) is 4.34. The second-order valence-corrected chi connectivity index (χ2v) is 6.42. The fraction of sp³-hybridized carbons (Fsp3) is 0.286. The molecule has 0 aliphatic heterocycles. The summed E-state index contributed by atoms with van der Waals surface area (Å²) in [6, 6.07) is 7.33. The maximum Gasteiger partial charge on any atom is 0.253 e. The fourth-order valence-electron chi connectivity index (χ4n) is 1.75. The quantitative estimate of drug-likeness (QED) is 0.539. The number of aromatic amines is 1. The van der Waals surface area contributed by atoms with Gasteiger partial charge < -0.3 is 16.0 Å². The molecule has 0 bridgehead atoms. The van der Waals surface area contributed by atoms with Gasteiger partial charge in [0.25, 0.3) is 5.56 Å². The van der Waals surface area contributed by atoms with Gasteiger partial charge in [-0.3, -0.25) is 4.79 Å². The third-order valence-electron chi connectivity index (χ3n) is 2.72. The second-order valence-electron chi connectivity index (χ2n) is 4.51. The average molecular weight is 369 g/mol. The van der Waals surface area contributed by atoms with Crippen molar-refractivity contribution < 1.29 is 0 Å². The normalized spacial score (nSPS) is 10.8. The van der Waals surface area contributed by atoms with E-state index in [1.807, 2.05) is 12.1 Å². The molecule has 21 heavy (non-hydrogen) atoms. The molecule has 0 amide bonds. The van der Waals surface area contributed by atoms with Crippen LogP contribution in [-0.4, -0.2) is 16.5 Å². The summed E-state index contributed by atoms with van der Waals surface area (Å²) in [6.07, 6.45) is 1.11. The lowest BCUT2D eigenvalue weighted by molar-refractivity contribution is 0.673. The molecule has 112 valence electrons. The molecule has 0 aliphatic carbocycles. The number of nitrogens with zero attached hydrogens (tertiary/aromatic N) is 1. The van der Waals surface area contributed by atoms with E-state index in [4.69, 9.17) is 5.73 Å². The van der Waals surface area contributed by atoms with Crippen molar-refractivity contribution >= 4 is 33.5 Å². The number of rotatable bonds is 6. The van der Waals surface area contributed by atoms with E-state index in [9.17, 15) is 4.79 Å². The van der Waals surface area contributed by atoms with Crippen LogP contribution >= 0.6 is 27.7 Å². The molecule has 0 fully saturated rings. The number of benzene rings is 1. The smallest absolute Gasteiger partial charge is 0.253 e. The highest BCUT2D eigenvalue weighted by molar-refractivity contribution is 9.10. The number of nitrogen functional groups attached to an aromatic ring is 1.